The number of nitrogens with one attached hydrogen (secondary N) is 1. The third-order valence-electron chi connectivity index (χ3n) is 3.44. The topological polar surface area (TPSA) is 98.4 Å². The van der Waals surface area contributed by atoms with E-state index in [4.69, 9.17) is 4.74 Å². The molecule has 2 aromatic rings. The van der Waals surface area contributed by atoms with Crippen LogP contribution in [0.25, 0.3) is 6.08 Å². The van der Waals surface area contributed by atoms with Crippen LogP contribution in [0.1, 0.15) is 11.1 Å². The molecule has 0 aliphatic carbocycles. The minimum atomic E-state index is -1.07. The van der Waals surface area contributed by atoms with Crippen LogP contribution in [0.2, 0.25) is 0 Å². The lowest BCUT2D eigenvalue weighted by molar-refractivity contribution is 0.175. The summed E-state index contributed by atoms with van der Waals surface area (Å²) in [5, 5.41) is 31.7. The summed E-state index contributed by atoms with van der Waals surface area (Å²) in [6.07, 6.45) is 7.19. The molecule has 1 aromatic carbocycles. The Kier molecular flexibility index (Phi) is 6.72. The molecule has 1 unspecified atom stereocenters. The molecule has 0 aliphatic rings. The van der Waals surface area contributed by atoms with Gasteiger partial charge in [-0.2, -0.15) is 5.26 Å². The second kappa shape index (κ2) is 9.23. The maximum atomic E-state index is 10.1. The van der Waals surface area contributed by atoms with E-state index in [2.05, 4.69) is 10.3 Å². The predicted octanol–water partition coefficient (Wildman–Crippen LogP) is 2.37. The molecule has 128 valence electrons. The number of aromatic nitrogens is 1. The number of pyridine rings is 1. The number of phenolic OH excluding ortho intramolecular Hbond substituents is 1. The summed E-state index contributed by atoms with van der Waals surface area (Å²) in [6, 6.07) is 10.5. The van der Waals surface area contributed by atoms with Crippen molar-refractivity contribution in [1.82, 2.24) is 10.3 Å². The molecule has 0 bridgehead atoms. The lowest BCUT2D eigenvalue weighted by Crippen LogP contribution is -2.29. The number of hydrogen-bond donors (Lipinski definition) is 3. The second-order valence-corrected chi connectivity index (χ2v) is 5.16. The van der Waals surface area contributed by atoms with Gasteiger partial charge in [0.25, 0.3) is 0 Å². The van der Waals surface area contributed by atoms with Crippen LogP contribution in [0.4, 0.5) is 0 Å². The maximum absolute atomic E-state index is 10.1. The number of allylic oxidation sites excluding steroid dienone is 2. The summed E-state index contributed by atoms with van der Waals surface area (Å²) in [7, 11) is 1.47. The third-order valence-corrected chi connectivity index (χ3v) is 3.44. The van der Waals surface area contributed by atoms with E-state index in [1.807, 2.05) is 18.2 Å². The number of ether oxygens (including phenoxy) is 1. The minimum absolute atomic E-state index is 0.0589. The molecule has 2 rings (SSSR count). The number of aromatic hydroxyl groups is 1. The molecule has 0 radical (unpaired) electrons. The third kappa shape index (κ3) is 5.46. The highest BCUT2D eigenvalue weighted by Gasteiger charge is 2.08. The molecular weight excluding hydrogens is 318 g/mol. The van der Waals surface area contributed by atoms with Gasteiger partial charge in [-0.05, 0) is 41.5 Å². The zero-order valence-corrected chi connectivity index (χ0v) is 13.8. The van der Waals surface area contributed by atoms with Crippen molar-refractivity contribution < 1.29 is 14.9 Å². The van der Waals surface area contributed by atoms with Gasteiger partial charge in [0.1, 0.15) is 6.23 Å². The van der Waals surface area contributed by atoms with Crippen LogP contribution in [0.5, 0.6) is 11.5 Å². The van der Waals surface area contributed by atoms with Gasteiger partial charge in [0, 0.05) is 18.9 Å². The van der Waals surface area contributed by atoms with Crippen LogP contribution in [0, 0.1) is 11.3 Å². The van der Waals surface area contributed by atoms with Crippen LogP contribution in [-0.2, 0) is 6.54 Å². The molecule has 0 aliphatic heterocycles. The van der Waals surface area contributed by atoms with Gasteiger partial charge < -0.3 is 14.9 Å². The smallest absolute Gasteiger partial charge is 0.161 e. The molecule has 6 nitrogen and oxygen atoms in total. The molecule has 6 heteroatoms. The largest absolute Gasteiger partial charge is 0.504 e. The highest BCUT2D eigenvalue weighted by molar-refractivity contribution is 5.57. The summed E-state index contributed by atoms with van der Waals surface area (Å²) >= 11 is 0. The first-order valence-corrected chi connectivity index (χ1v) is 7.59. The molecule has 0 fully saturated rings. The molecular formula is C19H19N3O3. The maximum Gasteiger partial charge on any atom is 0.161 e. The van der Waals surface area contributed by atoms with Gasteiger partial charge in [0.15, 0.2) is 11.5 Å². The van der Waals surface area contributed by atoms with Crippen molar-refractivity contribution in [2.24, 2.45) is 0 Å². The van der Waals surface area contributed by atoms with Gasteiger partial charge in [0.05, 0.1) is 18.8 Å². The van der Waals surface area contributed by atoms with E-state index >= 15 is 0 Å². The molecule has 0 saturated heterocycles. The highest BCUT2D eigenvalue weighted by Crippen LogP contribution is 2.26. The fourth-order valence-corrected chi connectivity index (χ4v) is 2.08. The van der Waals surface area contributed by atoms with Gasteiger partial charge in [-0.3, -0.25) is 10.3 Å². The van der Waals surface area contributed by atoms with Gasteiger partial charge in [-0.1, -0.05) is 18.2 Å². The first-order valence-electron chi connectivity index (χ1n) is 7.59. The van der Waals surface area contributed by atoms with Crippen molar-refractivity contribution in [1.29, 1.82) is 5.26 Å². The lowest BCUT2D eigenvalue weighted by atomic mass is 10.1. The summed E-state index contributed by atoms with van der Waals surface area (Å²) in [5.74, 6) is 0.425. The number of nitriles is 1. The predicted molar refractivity (Wildman–Crippen MR) is 94.5 cm³/mol. The number of nitrogens with zero attached hydrogens (tertiary/aromatic N) is 2. The van der Waals surface area contributed by atoms with Crippen molar-refractivity contribution in [2.75, 3.05) is 7.11 Å². The number of rotatable bonds is 7. The Labute approximate surface area is 146 Å². The summed E-state index contributed by atoms with van der Waals surface area (Å²) in [5.41, 5.74) is 1.94. The molecule has 1 heterocycles. The number of benzene rings is 1. The molecule has 3 N–H and O–H groups in total. The van der Waals surface area contributed by atoms with Crippen molar-refractivity contribution in [3.05, 3.63) is 71.6 Å². The zero-order valence-electron chi connectivity index (χ0n) is 13.8. The molecule has 0 amide bonds. The van der Waals surface area contributed by atoms with Crippen molar-refractivity contribution in [3.63, 3.8) is 0 Å². The van der Waals surface area contributed by atoms with E-state index < -0.39 is 6.23 Å². The average Bonchev–Trinajstić information content (AvgIpc) is 2.65. The van der Waals surface area contributed by atoms with Crippen LogP contribution >= 0.6 is 0 Å². The Morgan fingerprint density at radius 3 is 2.80 bits per heavy atom. The summed E-state index contributed by atoms with van der Waals surface area (Å²) < 4.78 is 5.04. The van der Waals surface area contributed by atoms with Gasteiger partial charge >= 0.3 is 0 Å². The normalized spacial score (nSPS) is 12.8. The molecule has 1 atom stereocenters. The van der Waals surface area contributed by atoms with E-state index in [-0.39, 0.29) is 11.3 Å². The monoisotopic (exact) mass is 337 g/mol. The summed E-state index contributed by atoms with van der Waals surface area (Å²) in [6.45, 7) is 0.418. The molecule has 0 spiro atoms. The number of methoxy groups -OCH3 is 1. The fraction of sp³-hybridized carbons (Fsp3) is 0.158. The van der Waals surface area contributed by atoms with E-state index in [1.165, 1.54) is 19.3 Å². The Morgan fingerprint density at radius 2 is 2.12 bits per heavy atom. The molecule has 25 heavy (non-hydrogen) atoms. The zero-order chi connectivity index (χ0) is 18.1. The van der Waals surface area contributed by atoms with Crippen molar-refractivity contribution in [3.8, 4) is 17.6 Å². The second-order valence-electron chi connectivity index (χ2n) is 5.16. The first kappa shape index (κ1) is 18.2. The Morgan fingerprint density at radius 1 is 1.36 bits per heavy atom. The van der Waals surface area contributed by atoms with Gasteiger partial charge in [0.2, 0.25) is 0 Å². The van der Waals surface area contributed by atoms with Crippen molar-refractivity contribution in [2.45, 2.75) is 12.8 Å². The number of aliphatic hydroxyl groups is 1. The Bertz CT molecular complexity index is 795. The van der Waals surface area contributed by atoms with Crippen LogP contribution in [0.3, 0.4) is 0 Å². The minimum Gasteiger partial charge on any atom is -0.504 e. The molecule has 0 saturated carbocycles. The van der Waals surface area contributed by atoms with Crippen LogP contribution in [0.15, 0.2) is 60.5 Å². The van der Waals surface area contributed by atoms with E-state index in [0.29, 0.717) is 12.3 Å². The standard InChI is InChI=1S/C19H19N3O3/c1-25-18-11-14(5-6-17(18)23)3-2-4-16(12-20)19(24)22-13-15-7-9-21-10-8-15/h2-11,19,22-24H,13H2,1H3/b3-2+,16-4+. The van der Waals surface area contributed by atoms with E-state index in [0.717, 1.165) is 11.1 Å². The van der Waals surface area contributed by atoms with E-state index in [9.17, 15) is 15.5 Å². The Hall–Kier alpha value is -3.14. The first-order chi connectivity index (χ1) is 12.1. The lowest BCUT2D eigenvalue weighted by Gasteiger charge is -2.11. The fourth-order valence-electron chi connectivity index (χ4n) is 2.08. The highest BCUT2D eigenvalue weighted by atomic mass is 16.5. The van der Waals surface area contributed by atoms with E-state index in [1.54, 1.807) is 36.7 Å². The number of aliphatic hydroxyl groups excluding tert-OH is 1. The average molecular weight is 337 g/mol. The van der Waals surface area contributed by atoms with Crippen LogP contribution in [-0.4, -0.2) is 28.5 Å². The van der Waals surface area contributed by atoms with Gasteiger partial charge in [-0.25, -0.2) is 0 Å². The SMILES string of the molecule is COc1cc(/C=C/C=C(\C#N)C(O)NCc2ccncc2)ccc1O. The molecule has 1 aromatic heterocycles. The number of phenols is 1. The van der Waals surface area contributed by atoms with Crippen LogP contribution < -0.4 is 10.1 Å². The Balaban J connectivity index is 2.00. The van der Waals surface area contributed by atoms with Crippen molar-refractivity contribution >= 4 is 6.08 Å². The van der Waals surface area contributed by atoms with Gasteiger partial charge in [-0.15, -0.1) is 0 Å². The number of hydrogen-bond acceptors (Lipinski definition) is 6. The quantitative estimate of drug-likeness (QED) is 0.408. The summed E-state index contributed by atoms with van der Waals surface area (Å²) in [4.78, 5) is 3.92.